The van der Waals surface area contributed by atoms with Gasteiger partial charge in [-0.15, -0.1) is 0 Å². The van der Waals surface area contributed by atoms with E-state index >= 15 is 0 Å². The number of aryl methyl sites for hydroxylation is 12. The smallest absolute Gasteiger partial charge is 0.337 e. The van der Waals surface area contributed by atoms with Gasteiger partial charge < -0.3 is 57.1 Å². The topological polar surface area (TPSA) is 395 Å². The summed E-state index contributed by atoms with van der Waals surface area (Å²) in [5, 5.41) is 59.1. The van der Waals surface area contributed by atoms with Gasteiger partial charge in [-0.2, -0.15) is 0 Å². The Morgan fingerprint density at radius 3 is 1.20 bits per heavy atom. The molecule has 5 amide bonds. The molecule has 11 N–H and O–H groups in total. The average molecular weight is 1620 g/mol. The van der Waals surface area contributed by atoms with Crippen molar-refractivity contribution in [3.05, 3.63) is 326 Å². The van der Waals surface area contributed by atoms with E-state index in [1.165, 1.54) is 105 Å². The number of rotatable bonds is 15. The molecule has 1 aliphatic heterocycles. The summed E-state index contributed by atoms with van der Waals surface area (Å²) in [4.78, 5) is 125. The Hall–Kier alpha value is -14.5. The van der Waals surface area contributed by atoms with E-state index < -0.39 is 56.4 Å². The van der Waals surface area contributed by atoms with Gasteiger partial charge in [0.1, 0.15) is 4.91 Å². The Kier molecular flexibility index (Phi) is 26.3. The molecule has 0 spiro atoms. The molecule has 10 aromatic carbocycles. The van der Waals surface area contributed by atoms with Crippen LogP contribution >= 0.6 is 0 Å². The third-order valence-corrected chi connectivity index (χ3v) is 23.1. The summed E-state index contributed by atoms with van der Waals surface area (Å²) in [7, 11) is -3.94. The molecule has 119 heavy (non-hydrogen) atoms. The number of nitrogens with one attached hydrogen (secondary N) is 6. The Morgan fingerprint density at radius 2 is 0.723 bits per heavy atom. The molecular weight excluding hydrogens is 1530 g/mol. The van der Waals surface area contributed by atoms with Crippen LogP contribution in [0.25, 0.3) is 29.3 Å². The quantitative estimate of drug-likeness (QED) is 0.0454. The average Bonchev–Trinajstić information content (AvgIpc) is 1.60. The number of para-hydroxylation sites is 5. The molecule has 0 saturated heterocycles. The second-order valence-electron chi connectivity index (χ2n) is 29.5. The van der Waals surface area contributed by atoms with Crippen LogP contribution in [-0.4, -0.2) is 103 Å². The Labute approximate surface area is 686 Å². The number of anilines is 5. The van der Waals surface area contributed by atoms with Crippen LogP contribution in [0, 0.1) is 75.2 Å². The molecule has 1 unspecified atom stereocenters. The normalized spacial score (nSPS) is 13.5. The number of carbonyl (C=O) groups excluding carboxylic acids is 5. The number of aromatic carboxylic acids is 5. The van der Waals surface area contributed by atoms with Crippen molar-refractivity contribution in [1.82, 2.24) is 9.97 Å². The van der Waals surface area contributed by atoms with E-state index in [0.29, 0.717) is 58.6 Å². The molecule has 2 heterocycles. The van der Waals surface area contributed by atoms with Crippen LogP contribution in [0.15, 0.2) is 203 Å². The van der Waals surface area contributed by atoms with Crippen molar-refractivity contribution >= 4 is 127 Å². The van der Waals surface area contributed by atoms with Gasteiger partial charge in [-0.25, -0.2) is 37.4 Å². The number of benzene rings is 10. The Bertz CT molecular complexity index is 6210. The van der Waals surface area contributed by atoms with Crippen LogP contribution in [0.1, 0.15) is 170 Å². The van der Waals surface area contributed by atoms with Gasteiger partial charge in [0.15, 0.2) is 5.82 Å². The summed E-state index contributed by atoms with van der Waals surface area (Å²) >= 11 is 0. The van der Waals surface area contributed by atoms with Gasteiger partial charge >= 0.3 is 29.8 Å². The largest absolute Gasteiger partial charge is 0.478 e. The van der Waals surface area contributed by atoms with Gasteiger partial charge in [-0.1, -0.05) is 103 Å². The fourth-order valence-corrected chi connectivity index (χ4v) is 15.5. The van der Waals surface area contributed by atoms with Crippen LogP contribution in [0.5, 0.6) is 0 Å². The lowest BCUT2D eigenvalue weighted by molar-refractivity contribution is -0.120. The van der Waals surface area contributed by atoms with Gasteiger partial charge in [0.05, 0.1) is 72.2 Å². The molecular formula is C94H87N7O17S. The summed E-state index contributed by atoms with van der Waals surface area (Å²) in [6, 6.07) is 51.3. The number of sulfone groups is 1. The molecule has 0 fully saturated rings. The lowest BCUT2D eigenvalue weighted by atomic mass is 9.82. The fourth-order valence-electron chi connectivity index (χ4n) is 14.0. The van der Waals surface area contributed by atoms with Crippen LogP contribution < -0.4 is 26.6 Å². The third kappa shape index (κ3) is 20.1. The number of hydrogen-bond acceptors (Lipinski definition) is 13. The number of aromatic amines is 1. The number of carboxylic acids is 5. The molecule has 4 aliphatic rings. The number of imidazole rings is 1. The van der Waals surface area contributed by atoms with Crippen LogP contribution in [0.4, 0.5) is 28.4 Å². The molecule has 1 atom stereocenters. The maximum absolute atomic E-state index is 12.7. The van der Waals surface area contributed by atoms with E-state index in [4.69, 9.17) is 10.2 Å². The van der Waals surface area contributed by atoms with E-state index in [0.717, 1.165) is 63.7 Å². The fraction of sp³-hybridized carbons (Fsp3) is 0.181. The summed E-state index contributed by atoms with van der Waals surface area (Å²) in [5.41, 5.74) is 23.1. The number of carboxylic acid groups (broad SMARTS) is 5. The Balaban J connectivity index is 0.000000146. The Morgan fingerprint density at radius 1 is 0.361 bits per heavy atom. The molecule has 25 heteroatoms. The van der Waals surface area contributed by atoms with Crippen LogP contribution in [-0.2, 0) is 54.7 Å². The molecule has 1 aromatic heterocycles. The van der Waals surface area contributed by atoms with Gasteiger partial charge in [-0.3, -0.25) is 24.0 Å². The van der Waals surface area contributed by atoms with E-state index in [9.17, 15) is 71.7 Å². The van der Waals surface area contributed by atoms with Crippen molar-refractivity contribution < 1.29 is 81.9 Å². The molecule has 0 bridgehead atoms. The number of amides is 5. The van der Waals surface area contributed by atoms with Crippen LogP contribution in [0.3, 0.4) is 0 Å². The first-order valence-electron chi connectivity index (χ1n) is 38.0. The minimum Gasteiger partial charge on any atom is -0.478 e. The standard InChI is InChI=1S/C20H21NO3.C20H19NO3.C19H17NO3.C18H15NO5S.C17H15N3O3/c2*1-12-9-14-7-8-15(11-16(14)10-13(12)2)19(22)21-18-6-4-3-5-17(18)20(23)24;1-11-7-13-9-15(10-14(13)8-12(11)2)18(21)20-17-6-4-3-5-16(17)19(22)23;1-10-7-12-9-16(25(23,24)15(12)8-11(10)2)17(20)19-14-6-4-3-5-13(14)18(21)22;1-9-7-13-14(8-10(9)2)19-15(18-13)16(21)20-12-6-4-3-5-11(12)17(22)23/h3-6,9-10,15H,7-8,11H2,1-2H3,(H,21,22)(H,23,24);3-6,9-11H,7-8H2,1-2H3,(H,21,22)(H,23,24);3-9H,10H2,1-2H3,(H,20,21)(H,22,23);3-9H,1-2H3,(H,19,20)(H,21,22);3-8H,1-2H3,(H,18,19)(H,20,21)(H,22,23). The predicted octanol–water partition coefficient (Wildman–Crippen LogP) is 17.2. The van der Waals surface area contributed by atoms with Gasteiger partial charge in [0, 0.05) is 23.5 Å². The first kappa shape index (κ1) is 85.4. The minimum absolute atomic E-state index is 0.0312. The highest BCUT2D eigenvalue weighted by Crippen LogP contribution is 2.37. The highest BCUT2D eigenvalue weighted by Gasteiger charge is 2.36. The lowest BCUT2D eigenvalue weighted by Gasteiger charge is -2.25. The van der Waals surface area contributed by atoms with Crippen molar-refractivity contribution in [3.63, 3.8) is 0 Å². The lowest BCUT2D eigenvalue weighted by Crippen LogP contribution is -2.29. The zero-order valence-electron chi connectivity index (χ0n) is 66.9. The number of H-pyrrole nitrogens is 1. The van der Waals surface area contributed by atoms with Crippen molar-refractivity contribution in [2.24, 2.45) is 5.92 Å². The molecule has 606 valence electrons. The highest BCUT2D eigenvalue weighted by atomic mass is 32.2. The summed E-state index contributed by atoms with van der Waals surface area (Å²) in [6.45, 7) is 20.1. The maximum Gasteiger partial charge on any atom is 0.337 e. The van der Waals surface area contributed by atoms with E-state index in [1.54, 1.807) is 91.9 Å². The number of fused-ring (bicyclic) bond motifs is 5. The first-order valence-corrected chi connectivity index (χ1v) is 39.5. The van der Waals surface area contributed by atoms with Crippen molar-refractivity contribution in [1.29, 1.82) is 0 Å². The molecule has 11 aromatic rings. The van der Waals surface area contributed by atoms with Crippen molar-refractivity contribution in [3.8, 4) is 0 Å². The SMILES string of the molecule is Cc1cc2c(cc1C)CC(C(=O)Nc1ccccc1C(=O)O)=C2.Cc1cc2c(cc1C)CC(C(=O)Nc1ccccc1C(=O)O)CC2.Cc1cc2c(cc1C)CCC(C(=O)Nc1ccccc1C(=O)O)=C2.Cc1cc2c(cc1C)S(=O)(=O)C(C(=O)Nc1ccccc1C(=O)O)=C2.Cc1cc2nc(C(=O)Nc3ccccc3C(=O)O)[nH]c2cc1C. The van der Waals surface area contributed by atoms with E-state index in [2.05, 4.69) is 108 Å². The first-order chi connectivity index (χ1) is 56.5. The predicted molar refractivity (Wildman–Crippen MR) is 457 cm³/mol. The van der Waals surface area contributed by atoms with Crippen molar-refractivity contribution in [2.45, 2.75) is 113 Å². The second-order valence-corrected chi connectivity index (χ2v) is 31.4. The van der Waals surface area contributed by atoms with E-state index in [1.807, 2.05) is 52.0 Å². The summed E-state index contributed by atoms with van der Waals surface area (Å²) in [6.07, 6.45) is 9.51. The number of nitrogens with zero attached hydrogens (tertiary/aromatic N) is 1. The summed E-state index contributed by atoms with van der Waals surface area (Å²) < 4.78 is 25.3. The van der Waals surface area contributed by atoms with Gasteiger partial charge in [0.25, 0.3) is 23.6 Å². The van der Waals surface area contributed by atoms with E-state index in [-0.39, 0.29) is 73.6 Å². The third-order valence-electron chi connectivity index (χ3n) is 21.3. The number of carbonyl (C=O) groups is 10. The minimum atomic E-state index is -3.94. The highest BCUT2D eigenvalue weighted by molar-refractivity contribution is 7.96. The zero-order chi connectivity index (χ0) is 86.0. The second kappa shape index (κ2) is 36.6. The molecule has 0 radical (unpaired) electrons. The molecule has 24 nitrogen and oxygen atoms in total. The summed E-state index contributed by atoms with van der Waals surface area (Å²) in [5.74, 6) is -7.39. The van der Waals surface area contributed by atoms with Gasteiger partial charge in [0.2, 0.25) is 15.7 Å². The monoisotopic (exact) mass is 1620 g/mol. The zero-order valence-corrected chi connectivity index (χ0v) is 67.7. The molecule has 3 aliphatic carbocycles. The van der Waals surface area contributed by atoms with Crippen molar-refractivity contribution in [2.75, 3.05) is 26.6 Å². The maximum atomic E-state index is 12.7. The van der Waals surface area contributed by atoms with Crippen LogP contribution in [0.2, 0.25) is 0 Å². The molecule has 15 rings (SSSR count). The van der Waals surface area contributed by atoms with Gasteiger partial charge in [-0.05, 0) is 293 Å². The number of hydrogen-bond donors (Lipinski definition) is 11. The number of aromatic nitrogens is 2. The molecule has 0 saturated carbocycles.